The van der Waals surface area contributed by atoms with Crippen molar-refractivity contribution in [2.24, 2.45) is 0 Å². The number of halogens is 2. The van der Waals surface area contributed by atoms with Crippen molar-refractivity contribution in [2.75, 3.05) is 14.2 Å². The number of ketones is 1. The Morgan fingerprint density at radius 2 is 1.52 bits per heavy atom. The zero-order valence-electron chi connectivity index (χ0n) is 13.0. The van der Waals surface area contributed by atoms with Crippen LogP contribution in [0.1, 0.15) is 18.1 Å². The van der Waals surface area contributed by atoms with Crippen molar-refractivity contribution in [2.45, 2.75) is 6.92 Å². The van der Waals surface area contributed by atoms with Crippen LogP contribution in [0.25, 0.3) is 5.57 Å². The quantitative estimate of drug-likeness (QED) is 0.709. The summed E-state index contributed by atoms with van der Waals surface area (Å²) in [5, 5.41) is 0.893. The number of methoxy groups -OCH3 is 2. The van der Waals surface area contributed by atoms with Crippen molar-refractivity contribution in [3.05, 3.63) is 63.6 Å². The highest BCUT2D eigenvalue weighted by molar-refractivity contribution is 6.42. The predicted molar refractivity (Wildman–Crippen MR) is 93.8 cm³/mol. The van der Waals surface area contributed by atoms with E-state index in [9.17, 15) is 4.79 Å². The average Bonchev–Trinajstić information content (AvgIpc) is 2.54. The molecule has 0 aliphatic rings. The summed E-state index contributed by atoms with van der Waals surface area (Å²) in [5.74, 6) is 1.13. The van der Waals surface area contributed by atoms with E-state index >= 15 is 0 Å². The number of rotatable bonds is 5. The van der Waals surface area contributed by atoms with E-state index in [4.69, 9.17) is 32.7 Å². The standard InChI is InChI=1S/C18H16Cl2O3/c1-11(21)8-14(12-4-6-15(19)16(20)9-12)13-5-7-17(22-2)18(10-13)23-3/h4-10H,1-3H3/b14-8+. The van der Waals surface area contributed by atoms with Crippen LogP contribution in [0.5, 0.6) is 11.5 Å². The van der Waals surface area contributed by atoms with Crippen molar-refractivity contribution < 1.29 is 14.3 Å². The van der Waals surface area contributed by atoms with Crippen LogP contribution in [0.2, 0.25) is 10.0 Å². The molecule has 0 radical (unpaired) electrons. The molecular formula is C18H16Cl2O3. The molecule has 0 unspecified atom stereocenters. The van der Waals surface area contributed by atoms with Crippen LogP contribution in [-0.2, 0) is 4.79 Å². The minimum Gasteiger partial charge on any atom is -0.493 e. The molecule has 0 saturated carbocycles. The second-order valence-corrected chi connectivity index (χ2v) is 5.68. The smallest absolute Gasteiger partial charge is 0.161 e. The maximum atomic E-state index is 11.6. The average molecular weight is 351 g/mol. The first-order valence-electron chi connectivity index (χ1n) is 6.86. The topological polar surface area (TPSA) is 35.5 Å². The molecule has 2 rings (SSSR count). The zero-order valence-corrected chi connectivity index (χ0v) is 14.5. The maximum absolute atomic E-state index is 11.6. The van der Waals surface area contributed by atoms with E-state index in [-0.39, 0.29) is 5.78 Å². The highest BCUT2D eigenvalue weighted by Gasteiger charge is 2.12. The van der Waals surface area contributed by atoms with Gasteiger partial charge in [-0.1, -0.05) is 35.3 Å². The van der Waals surface area contributed by atoms with Gasteiger partial charge in [0.05, 0.1) is 24.3 Å². The van der Waals surface area contributed by atoms with E-state index in [1.807, 2.05) is 18.2 Å². The van der Waals surface area contributed by atoms with E-state index in [1.165, 1.54) is 6.92 Å². The SMILES string of the molecule is COc1ccc(/C(=C/C(C)=O)c2ccc(Cl)c(Cl)c2)cc1OC. The molecular weight excluding hydrogens is 335 g/mol. The minimum atomic E-state index is -0.0687. The number of hydrogen-bond donors (Lipinski definition) is 0. The van der Waals surface area contributed by atoms with Crippen molar-refractivity contribution in [3.63, 3.8) is 0 Å². The molecule has 0 N–H and O–H groups in total. The van der Waals surface area contributed by atoms with Crippen molar-refractivity contribution in [1.82, 2.24) is 0 Å². The van der Waals surface area contributed by atoms with Crippen LogP contribution in [0.15, 0.2) is 42.5 Å². The summed E-state index contributed by atoms with van der Waals surface area (Å²) >= 11 is 12.1. The highest BCUT2D eigenvalue weighted by atomic mass is 35.5. The van der Waals surface area contributed by atoms with E-state index in [0.717, 1.165) is 16.7 Å². The third-order valence-corrected chi connectivity index (χ3v) is 4.01. The molecule has 3 nitrogen and oxygen atoms in total. The second-order valence-electron chi connectivity index (χ2n) is 4.87. The summed E-state index contributed by atoms with van der Waals surface area (Å²) in [6.45, 7) is 1.50. The van der Waals surface area contributed by atoms with Gasteiger partial charge in [-0.3, -0.25) is 4.79 Å². The zero-order chi connectivity index (χ0) is 17.0. The lowest BCUT2D eigenvalue weighted by molar-refractivity contribution is -0.112. The van der Waals surface area contributed by atoms with Crippen LogP contribution in [-0.4, -0.2) is 20.0 Å². The lowest BCUT2D eigenvalue weighted by Crippen LogP contribution is -1.96. The number of allylic oxidation sites excluding steroid dienone is 1. The van der Waals surface area contributed by atoms with Crippen LogP contribution in [0.3, 0.4) is 0 Å². The molecule has 0 atom stereocenters. The first kappa shape index (κ1) is 17.4. The number of carbonyl (C=O) groups is 1. The Kier molecular flexibility index (Phi) is 5.69. The lowest BCUT2D eigenvalue weighted by Gasteiger charge is -2.13. The fourth-order valence-corrected chi connectivity index (χ4v) is 2.50. The molecule has 120 valence electrons. The number of benzene rings is 2. The Balaban J connectivity index is 2.60. The van der Waals surface area contributed by atoms with Gasteiger partial charge in [0.2, 0.25) is 0 Å². The normalized spacial score (nSPS) is 11.3. The molecule has 0 saturated heterocycles. The number of ether oxygens (including phenoxy) is 2. The molecule has 0 heterocycles. The molecule has 0 aliphatic heterocycles. The molecule has 23 heavy (non-hydrogen) atoms. The van der Waals surface area contributed by atoms with Gasteiger partial charge in [0.15, 0.2) is 17.3 Å². The van der Waals surface area contributed by atoms with E-state index < -0.39 is 0 Å². The third kappa shape index (κ3) is 4.06. The van der Waals surface area contributed by atoms with Gasteiger partial charge in [0.1, 0.15) is 0 Å². The van der Waals surface area contributed by atoms with Gasteiger partial charge in [0, 0.05) is 0 Å². The molecule has 2 aromatic carbocycles. The Bertz CT molecular complexity index is 767. The summed E-state index contributed by atoms with van der Waals surface area (Å²) in [6.07, 6.45) is 1.56. The van der Waals surface area contributed by atoms with Gasteiger partial charge in [-0.15, -0.1) is 0 Å². The van der Waals surface area contributed by atoms with E-state index in [0.29, 0.717) is 21.5 Å². The second kappa shape index (κ2) is 7.53. The van der Waals surface area contributed by atoms with Crippen LogP contribution >= 0.6 is 23.2 Å². The largest absolute Gasteiger partial charge is 0.493 e. The molecule has 2 aromatic rings. The van der Waals surface area contributed by atoms with Gasteiger partial charge in [0.25, 0.3) is 0 Å². The Morgan fingerprint density at radius 3 is 2.09 bits per heavy atom. The first-order valence-corrected chi connectivity index (χ1v) is 7.62. The fourth-order valence-electron chi connectivity index (χ4n) is 2.20. The molecule has 0 bridgehead atoms. The van der Waals surface area contributed by atoms with Gasteiger partial charge in [-0.2, -0.15) is 0 Å². The van der Waals surface area contributed by atoms with Gasteiger partial charge in [-0.05, 0) is 54.0 Å². The van der Waals surface area contributed by atoms with E-state index in [2.05, 4.69) is 0 Å². The Labute approximate surface area is 145 Å². The van der Waals surface area contributed by atoms with Crippen molar-refractivity contribution >= 4 is 34.6 Å². The summed E-state index contributed by atoms with van der Waals surface area (Å²) in [4.78, 5) is 11.6. The van der Waals surface area contributed by atoms with Gasteiger partial charge >= 0.3 is 0 Å². The Morgan fingerprint density at radius 1 is 0.913 bits per heavy atom. The summed E-state index contributed by atoms with van der Waals surface area (Å²) in [7, 11) is 3.14. The Hall–Kier alpha value is -1.97. The maximum Gasteiger partial charge on any atom is 0.161 e. The first-order chi connectivity index (χ1) is 11.0. The summed E-state index contributed by atoms with van der Waals surface area (Å²) in [5.41, 5.74) is 2.34. The highest BCUT2D eigenvalue weighted by Crippen LogP contribution is 2.34. The molecule has 0 aliphatic carbocycles. The molecule has 0 amide bonds. The molecule has 0 fully saturated rings. The number of carbonyl (C=O) groups excluding carboxylic acids is 1. The number of hydrogen-bond acceptors (Lipinski definition) is 3. The van der Waals surface area contributed by atoms with Crippen molar-refractivity contribution in [3.8, 4) is 11.5 Å². The van der Waals surface area contributed by atoms with Crippen LogP contribution < -0.4 is 9.47 Å². The fraction of sp³-hybridized carbons (Fsp3) is 0.167. The summed E-state index contributed by atoms with van der Waals surface area (Å²) in [6, 6.07) is 10.7. The van der Waals surface area contributed by atoms with Gasteiger partial charge < -0.3 is 9.47 Å². The predicted octanol–water partition coefficient (Wildman–Crippen LogP) is 5.03. The molecule has 0 spiro atoms. The van der Waals surface area contributed by atoms with Crippen LogP contribution in [0.4, 0.5) is 0 Å². The van der Waals surface area contributed by atoms with E-state index in [1.54, 1.807) is 38.5 Å². The molecule has 5 heteroatoms. The van der Waals surface area contributed by atoms with Gasteiger partial charge in [-0.25, -0.2) is 0 Å². The minimum absolute atomic E-state index is 0.0687. The van der Waals surface area contributed by atoms with Crippen molar-refractivity contribution in [1.29, 1.82) is 0 Å². The van der Waals surface area contributed by atoms with Crippen LogP contribution in [0, 0.1) is 0 Å². The lowest BCUT2D eigenvalue weighted by atomic mass is 9.96. The molecule has 0 aromatic heterocycles. The third-order valence-electron chi connectivity index (χ3n) is 3.27. The summed E-state index contributed by atoms with van der Waals surface area (Å²) < 4.78 is 10.6. The monoisotopic (exact) mass is 350 g/mol.